The number of hydrogen-bond acceptors (Lipinski definition) is 5. The Morgan fingerprint density at radius 3 is 2.62 bits per heavy atom. The molecule has 2 aliphatic heterocycles. The lowest BCUT2D eigenvalue weighted by molar-refractivity contribution is -0.117. The zero-order valence-electron chi connectivity index (χ0n) is 14.7. The van der Waals surface area contributed by atoms with E-state index in [0.29, 0.717) is 29.6 Å². The highest BCUT2D eigenvalue weighted by molar-refractivity contribution is 7.98. The summed E-state index contributed by atoms with van der Waals surface area (Å²) in [7, 11) is 0. The maximum absolute atomic E-state index is 12.4. The number of halogens is 1. The van der Waals surface area contributed by atoms with Gasteiger partial charge >= 0.3 is 0 Å². The Hall–Kier alpha value is -1.08. The number of carbonyl (C=O) groups is 1. The third-order valence-corrected chi connectivity index (χ3v) is 6.68. The summed E-state index contributed by atoms with van der Waals surface area (Å²) in [5, 5.41) is 9.33. The van der Waals surface area contributed by atoms with Crippen LogP contribution in [0.5, 0.6) is 0 Å². The molecule has 0 aliphatic carbocycles. The third-order valence-electron chi connectivity index (χ3n) is 5.18. The van der Waals surface area contributed by atoms with Crippen molar-refractivity contribution in [2.75, 3.05) is 11.6 Å². The Bertz CT molecular complexity index is 737. The smallest absolute Gasteiger partial charge is 0.226 e. The van der Waals surface area contributed by atoms with Gasteiger partial charge in [0.15, 0.2) is 5.13 Å². The van der Waals surface area contributed by atoms with Crippen molar-refractivity contribution in [1.82, 2.24) is 10.3 Å². The number of amides is 1. The van der Waals surface area contributed by atoms with Crippen LogP contribution in [-0.2, 0) is 4.79 Å². The molecule has 0 spiro atoms. The van der Waals surface area contributed by atoms with Crippen molar-refractivity contribution >= 4 is 46.5 Å². The van der Waals surface area contributed by atoms with Crippen molar-refractivity contribution in [1.29, 1.82) is 0 Å². The fourth-order valence-corrected chi connectivity index (χ4v) is 5.14. The number of thioether (sulfide) groups is 1. The van der Waals surface area contributed by atoms with Crippen LogP contribution in [0.25, 0.3) is 11.3 Å². The van der Waals surface area contributed by atoms with Gasteiger partial charge in [0.25, 0.3) is 0 Å². The molecule has 1 aromatic heterocycles. The molecule has 0 radical (unpaired) electrons. The van der Waals surface area contributed by atoms with Crippen LogP contribution < -0.4 is 10.6 Å². The van der Waals surface area contributed by atoms with Gasteiger partial charge < -0.3 is 10.6 Å². The minimum absolute atomic E-state index is 0. The number of hydrogen-bond donors (Lipinski definition) is 2. The largest absolute Gasteiger partial charge is 0.311 e. The molecule has 1 amide bonds. The van der Waals surface area contributed by atoms with Gasteiger partial charge in [-0.1, -0.05) is 12.1 Å². The van der Waals surface area contributed by atoms with Gasteiger partial charge in [0.05, 0.1) is 5.69 Å². The fourth-order valence-electron chi connectivity index (χ4n) is 4.00. The van der Waals surface area contributed by atoms with E-state index in [2.05, 4.69) is 46.1 Å². The summed E-state index contributed by atoms with van der Waals surface area (Å²) in [6.45, 7) is 0. The monoisotopic (exact) mass is 409 g/mol. The third kappa shape index (κ3) is 4.60. The summed E-state index contributed by atoms with van der Waals surface area (Å²) >= 11 is 3.23. The minimum Gasteiger partial charge on any atom is -0.311 e. The molecule has 2 aromatic rings. The Labute approximate surface area is 169 Å². The predicted octanol–water partition coefficient (Wildman–Crippen LogP) is 4.81. The highest BCUT2D eigenvalue weighted by atomic mass is 35.5. The standard InChI is InChI=1S/C19H23N3OS2.ClH/c1-24-16-6-2-13(3-7-16)17-11-25-19(21-17)22-18(23)10-12-8-14-4-5-15(9-12)20-14;/h2-3,6-7,11-12,14-15,20H,4-5,8-10H2,1H3,(H,21,22,23);1H. The van der Waals surface area contributed by atoms with Crippen molar-refractivity contribution < 1.29 is 4.79 Å². The number of benzene rings is 1. The van der Waals surface area contributed by atoms with Crippen molar-refractivity contribution in [2.45, 2.75) is 49.1 Å². The number of thiazole rings is 1. The van der Waals surface area contributed by atoms with Gasteiger partial charge in [0, 0.05) is 34.3 Å². The molecule has 2 aliphatic rings. The van der Waals surface area contributed by atoms with Crippen LogP contribution in [0.15, 0.2) is 34.5 Å². The van der Waals surface area contributed by atoms with Crippen molar-refractivity contribution in [3.8, 4) is 11.3 Å². The lowest BCUT2D eigenvalue weighted by Gasteiger charge is -2.28. The Morgan fingerprint density at radius 1 is 1.27 bits per heavy atom. The van der Waals surface area contributed by atoms with Gasteiger partial charge in [-0.25, -0.2) is 4.98 Å². The van der Waals surface area contributed by atoms with E-state index in [0.717, 1.165) is 24.1 Å². The number of aromatic nitrogens is 1. The Morgan fingerprint density at radius 2 is 1.96 bits per heavy atom. The highest BCUT2D eigenvalue weighted by Gasteiger charge is 2.34. The second-order valence-electron chi connectivity index (χ2n) is 6.99. The molecular weight excluding hydrogens is 386 g/mol. The average molecular weight is 410 g/mol. The first-order chi connectivity index (χ1) is 12.2. The predicted molar refractivity (Wildman–Crippen MR) is 112 cm³/mol. The van der Waals surface area contributed by atoms with E-state index in [4.69, 9.17) is 0 Å². The van der Waals surface area contributed by atoms with E-state index in [1.165, 1.54) is 29.1 Å². The van der Waals surface area contributed by atoms with Crippen LogP contribution in [0.4, 0.5) is 5.13 Å². The highest BCUT2D eigenvalue weighted by Crippen LogP contribution is 2.33. The van der Waals surface area contributed by atoms with Gasteiger partial charge in [0.1, 0.15) is 0 Å². The van der Waals surface area contributed by atoms with E-state index in [1.807, 2.05) is 5.38 Å². The summed E-state index contributed by atoms with van der Waals surface area (Å²) < 4.78 is 0. The van der Waals surface area contributed by atoms with E-state index in [-0.39, 0.29) is 18.3 Å². The van der Waals surface area contributed by atoms with E-state index < -0.39 is 0 Å². The molecule has 26 heavy (non-hydrogen) atoms. The second-order valence-corrected chi connectivity index (χ2v) is 8.73. The molecule has 2 atom stereocenters. The van der Waals surface area contributed by atoms with Crippen LogP contribution in [-0.4, -0.2) is 29.2 Å². The molecule has 4 nitrogen and oxygen atoms in total. The molecule has 1 aromatic carbocycles. The molecule has 4 rings (SSSR count). The van der Waals surface area contributed by atoms with E-state index in [9.17, 15) is 4.79 Å². The number of anilines is 1. The maximum Gasteiger partial charge on any atom is 0.226 e. The molecule has 2 unspecified atom stereocenters. The maximum atomic E-state index is 12.4. The van der Waals surface area contributed by atoms with E-state index in [1.54, 1.807) is 11.8 Å². The quantitative estimate of drug-likeness (QED) is 0.695. The van der Waals surface area contributed by atoms with E-state index >= 15 is 0 Å². The Balaban J connectivity index is 0.00000196. The SMILES string of the molecule is CSc1ccc(-c2csc(NC(=O)CC3CC4CCC(C3)N4)n2)cc1.Cl. The van der Waals surface area contributed by atoms with Crippen LogP contribution in [0, 0.1) is 5.92 Å². The minimum atomic E-state index is 0. The summed E-state index contributed by atoms with van der Waals surface area (Å²) in [5.74, 6) is 0.613. The van der Waals surface area contributed by atoms with Crippen LogP contribution in [0.2, 0.25) is 0 Å². The fraction of sp³-hybridized carbons (Fsp3) is 0.474. The van der Waals surface area contributed by atoms with Gasteiger partial charge in [-0.2, -0.15) is 0 Å². The molecule has 7 heteroatoms. The first-order valence-corrected chi connectivity index (χ1v) is 11.0. The van der Waals surface area contributed by atoms with Crippen LogP contribution in [0.1, 0.15) is 32.1 Å². The Kier molecular flexibility index (Phi) is 6.61. The molecule has 2 fully saturated rings. The normalized spacial score (nSPS) is 24.1. The van der Waals surface area contributed by atoms with Crippen molar-refractivity contribution in [3.63, 3.8) is 0 Å². The molecule has 2 saturated heterocycles. The number of piperidine rings is 1. The van der Waals surface area contributed by atoms with Crippen LogP contribution >= 0.6 is 35.5 Å². The zero-order chi connectivity index (χ0) is 17.2. The van der Waals surface area contributed by atoms with Crippen molar-refractivity contribution in [2.24, 2.45) is 5.92 Å². The number of carbonyl (C=O) groups excluding carboxylic acids is 1. The van der Waals surface area contributed by atoms with Gasteiger partial charge in [-0.3, -0.25) is 4.79 Å². The summed E-state index contributed by atoms with van der Waals surface area (Å²) in [5.41, 5.74) is 2.01. The second kappa shape index (κ2) is 8.74. The zero-order valence-corrected chi connectivity index (χ0v) is 17.2. The first kappa shape index (κ1) is 19.7. The lowest BCUT2D eigenvalue weighted by Crippen LogP contribution is -2.39. The average Bonchev–Trinajstić information content (AvgIpc) is 3.21. The molecule has 3 heterocycles. The molecule has 2 bridgehead atoms. The van der Waals surface area contributed by atoms with Gasteiger partial charge in [0.2, 0.25) is 5.91 Å². The van der Waals surface area contributed by atoms with Crippen molar-refractivity contribution in [3.05, 3.63) is 29.6 Å². The molecular formula is C19H24ClN3OS2. The topological polar surface area (TPSA) is 54.0 Å². The first-order valence-electron chi connectivity index (χ1n) is 8.85. The summed E-state index contributed by atoms with van der Waals surface area (Å²) in [6.07, 6.45) is 7.50. The summed E-state index contributed by atoms with van der Waals surface area (Å²) in [4.78, 5) is 18.2. The number of fused-ring (bicyclic) bond motifs is 2. The molecule has 0 saturated carbocycles. The number of nitrogens with one attached hydrogen (secondary N) is 2. The lowest BCUT2D eigenvalue weighted by atomic mass is 9.89. The number of nitrogens with zero attached hydrogens (tertiary/aromatic N) is 1. The molecule has 140 valence electrons. The van der Waals surface area contributed by atoms with Gasteiger partial charge in [-0.15, -0.1) is 35.5 Å². The number of rotatable bonds is 5. The summed E-state index contributed by atoms with van der Waals surface area (Å²) in [6, 6.07) is 9.63. The molecule has 2 N–H and O–H groups in total. The van der Waals surface area contributed by atoms with Crippen LogP contribution in [0.3, 0.4) is 0 Å². The van der Waals surface area contributed by atoms with Gasteiger partial charge in [-0.05, 0) is 50.0 Å².